The summed E-state index contributed by atoms with van der Waals surface area (Å²) in [7, 11) is 1.62. The number of hydrogen-bond acceptors (Lipinski definition) is 4. The first-order valence-corrected chi connectivity index (χ1v) is 5.88. The van der Waals surface area contributed by atoms with Gasteiger partial charge in [-0.2, -0.15) is 0 Å². The van der Waals surface area contributed by atoms with Gasteiger partial charge in [-0.1, -0.05) is 11.6 Å². The normalized spacial score (nSPS) is 10.4. The fourth-order valence-electron chi connectivity index (χ4n) is 1.53. The van der Waals surface area contributed by atoms with E-state index in [1.807, 2.05) is 19.1 Å². The van der Waals surface area contributed by atoms with Crippen molar-refractivity contribution in [1.29, 1.82) is 0 Å². The molecule has 1 aromatic heterocycles. The van der Waals surface area contributed by atoms with Crippen LogP contribution in [0.3, 0.4) is 0 Å². The molecule has 1 aromatic carbocycles. The van der Waals surface area contributed by atoms with Crippen molar-refractivity contribution < 1.29 is 4.74 Å². The highest BCUT2D eigenvalue weighted by atomic mass is 35.5. The molecule has 0 aliphatic heterocycles. The van der Waals surface area contributed by atoms with Gasteiger partial charge in [0.15, 0.2) is 5.13 Å². The zero-order valence-corrected chi connectivity index (χ0v) is 10.5. The van der Waals surface area contributed by atoms with Crippen molar-refractivity contribution >= 4 is 28.1 Å². The Hall–Kier alpha value is -1.26. The molecule has 5 heteroatoms. The highest BCUT2D eigenvalue weighted by Gasteiger charge is 2.13. The van der Waals surface area contributed by atoms with Crippen molar-refractivity contribution in [2.45, 2.75) is 6.92 Å². The molecule has 0 aliphatic carbocycles. The molecule has 0 unspecified atom stereocenters. The van der Waals surface area contributed by atoms with Gasteiger partial charge in [0, 0.05) is 15.5 Å². The average Bonchev–Trinajstić information content (AvgIpc) is 2.57. The van der Waals surface area contributed by atoms with Gasteiger partial charge in [0.1, 0.15) is 5.75 Å². The lowest BCUT2D eigenvalue weighted by Crippen LogP contribution is -1.90. The lowest BCUT2D eigenvalue weighted by molar-refractivity contribution is 0.416. The first-order chi connectivity index (χ1) is 7.61. The number of thiazole rings is 1. The van der Waals surface area contributed by atoms with Gasteiger partial charge in [0.25, 0.3) is 0 Å². The van der Waals surface area contributed by atoms with Gasteiger partial charge in [0.05, 0.1) is 12.8 Å². The minimum atomic E-state index is 0.550. The molecule has 0 fully saturated rings. The lowest BCUT2D eigenvalue weighted by atomic mass is 10.1. The van der Waals surface area contributed by atoms with Gasteiger partial charge < -0.3 is 10.5 Å². The summed E-state index contributed by atoms with van der Waals surface area (Å²) in [5.41, 5.74) is 7.39. The topological polar surface area (TPSA) is 48.1 Å². The number of anilines is 1. The highest BCUT2D eigenvalue weighted by Crippen LogP contribution is 2.36. The standard InChI is InChI=1S/C11H11ClN2OS/c1-6-10(14-11(13)16-6)8-5-7(12)3-4-9(8)15-2/h3-5H,1-2H3,(H2,13,14). The first kappa shape index (κ1) is 11.2. The van der Waals surface area contributed by atoms with Crippen LogP contribution in [0.2, 0.25) is 5.02 Å². The van der Waals surface area contributed by atoms with Gasteiger partial charge in [0.2, 0.25) is 0 Å². The molecular weight excluding hydrogens is 244 g/mol. The van der Waals surface area contributed by atoms with E-state index in [1.54, 1.807) is 13.2 Å². The number of nitrogen functional groups attached to an aromatic ring is 1. The molecule has 1 heterocycles. The monoisotopic (exact) mass is 254 g/mol. The number of rotatable bonds is 2. The van der Waals surface area contributed by atoms with E-state index in [-0.39, 0.29) is 0 Å². The second-order valence-electron chi connectivity index (χ2n) is 3.30. The molecule has 3 nitrogen and oxygen atoms in total. The van der Waals surface area contributed by atoms with Gasteiger partial charge >= 0.3 is 0 Å². The maximum Gasteiger partial charge on any atom is 0.180 e. The molecule has 2 N–H and O–H groups in total. The third-order valence-electron chi connectivity index (χ3n) is 2.23. The van der Waals surface area contributed by atoms with Crippen molar-refractivity contribution in [2.75, 3.05) is 12.8 Å². The summed E-state index contributed by atoms with van der Waals surface area (Å²) >= 11 is 7.43. The first-order valence-electron chi connectivity index (χ1n) is 4.68. The van der Waals surface area contributed by atoms with Gasteiger partial charge in [-0.3, -0.25) is 0 Å². The molecule has 0 saturated carbocycles. The Morgan fingerprint density at radius 1 is 1.44 bits per heavy atom. The molecule has 0 spiro atoms. The second kappa shape index (κ2) is 4.31. The molecule has 0 atom stereocenters. The summed E-state index contributed by atoms with van der Waals surface area (Å²) in [6.45, 7) is 1.98. The van der Waals surface area contributed by atoms with Crippen LogP contribution < -0.4 is 10.5 Å². The maximum absolute atomic E-state index is 5.97. The van der Waals surface area contributed by atoms with E-state index in [0.717, 1.165) is 21.9 Å². The summed E-state index contributed by atoms with van der Waals surface area (Å²) in [6.07, 6.45) is 0. The third kappa shape index (κ3) is 1.99. The van der Waals surface area contributed by atoms with Crippen LogP contribution in [-0.4, -0.2) is 12.1 Å². The van der Waals surface area contributed by atoms with Gasteiger partial charge in [-0.05, 0) is 25.1 Å². The molecule has 2 aromatic rings. The van der Waals surface area contributed by atoms with Crippen LogP contribution >= 0.6 is 22.9 Å². The zero-order chi connectivity index (χ0) is 11.7. The van der Waals surface area contributed by atoms with E-state index in [0.29, 0.717) is 10.2 Å². The Morgan fingerprint density at radius 2 is 2.19 bits per heavy atom. The summed E-state index contributed by atoms with van der Waals surface area (Å²) < 4.78 is 5.28. The van der Waals surface area contributed by atoms with E-state index < -0.39 is 0 Å². The smallest absolute Gasteiger partial charge is 0.180 e. The number of methoxy groups -OCH3 is 1. The highest BCUT2D eigenvalue weighted by molar-refractivity contribution is 7.15. The van der Waals surface area contributed by atoms with Crippen molar-refractivity contribution in [2.24, 2.45) is 0 Å². The quantitative estimate of drug-likeness (QED) is 0.894. The zero-order valence-electron chi connectivity index (χ0n) is 8.95. The lowest BCUT2D eigenvalue weighted by Gasteiger charge is -2.07. The Labute approximate surface area is 103 Å². The Morgan fingerprint density at radius 3 is 2.75 bits per heavy atom. The predicted octanol–water partition coefficient (Wildman–Crippen LogP) is 3.36. The van der Waals surface area contributed by atoms with Crippen LogP contribution in [-0.2, 0) is 0 Å². The number of halogens is 1. The van der Waals surface area contributed by atoms with Crippen LogP contribution in [0.5, 0.6) is 5.75 Å². The molecule has 0 bridgehead atoms. The maximum atomic E-state index is 5.97. The molecule has 0 saturated heterocycles. The largest absolute Gasteiger partial charge is 0.496 e. The van der Waals surface area contributed by atoms with Crippen LogP contribution in [0.4, 0.5) is 5.13 Å². The average molecular weight is 255 g/mol. The van der Waals surface area contributed by atoms with E-state index in [1.165, 1.54) is 11.3 Å². The summed E-state index contributed by atoms with van der Waals surface area (Å²) in [5.74, 6) is 0.748. The molecule has 2 rings (SSSR count). The third-order valence-corrected chi connectivity index (χ3v) is 3.26. The van der Waals surface area contributed by atoms with Gasteiger partial charge in [-0.15, -0.1) is 11.3 Å². The fraction of sp³-hybridized carbons (Fsp3) is 0.182. The van der Waals surface area contributed by atoms with Gasteiger partial charge in [-0.25, -0.2) is 4.98 Å². The van der Waals surface area contributed by atoms with Crippen molar-refractivity contribution in [3.63, 3.8) is 0 Å². The van der Waals surface area contributed by atoms with E-state index in [2.05, 4.69) is 4.98 Å². The SMILES string of the molecule is COc1ccc(Cl)cc1-c1nc(N)sc1C. The fourth-order valence-corrected chi connectivity index (χ4v) is 2.41. The Bertz CT molecular complexity index is 525. The number of aromatic nitrogens is 1. The van der Waals surface area contributed by atoms with Crippen LogP contribution in [0.1, 0.15) is 4.88 Å². The molecule has 0 radical (unpaired) electrons. The summed E-state index contributed by atoms with van der Waals surface area (Å²) in [5, 5.41) is 1.20. The number of nitrogens with two attached hydrogens (primary N) is 1. The number of nitrogens with zero attached hydrogens (tertiary/aromatic N) is 1. The number of benzene rings is 1. The predicted molar refractivity (Wildman–Crippen MR) is 68.3 cm³/mol. The minimum absolute atomic E-state index is 0.550. The van der Waals surface area contributed by atoms with Crippen LogP contribution in [0.25, 0.3) is 11.3 Å². The minimum Gasteiger partial charge on any atom is -0.496 e. The van der Waals surface area contributed by atoms with Crippen molar-refractivity contribution in [1.82, 2.24) is 4.98 Å². The molecule has 16 heavy (non-hydrogen) atoms. The van der Waals surface area contributed by atoms with E-state index in [4.69, 9.17) is 22.1 Å². The Balaban J connectivity index is 2.62. The number of aryl methyl sites for hydroxylation is 1. The van der Waals surface area contributed by atoms with E-state index >= 15 is 0 Å². The Kier molecular flexibility index (Phi) is 3.03. The molecule has 0 aliphatic rings. The van der Waals surface area contributed by atoms with Crippen LogP contribution in [0, 0.1) is 6.92 Å². The molecule has 84 valence electrons. The number of hydrogen-bond donors (Lipinski definition) is 1. The van der Waals surface area contributed by atoms with E-state index in [9.17, 15) is 0 Å². The van der Waals surface area contributed by atoms with Crippen LogP contribution in [0.15, 0.2) is 18.2 Å². The summed E-state index contributed by atoms with van der Waals surface area (Å²) in [6, 6.07) is 5.45. The number of ether oxygens (including phenoxy) is 1. The van der Waals surface area contributed by atoms with Crippen molar-refractivity contribution in [3.8, 4) is 17.0 Å². The molecule has 0 amide bonds. The molecular formula is C11H11ClN2OS. The summed E-state index contributed by atoms with van der Waals surface area (Å²) in [4.78, 5) is 5.34. The second-order valence-corrected chi connectivity index (χ2v) is 4.97. The van der Waals surface area contributed by atoms with Crippen molar-refractivity contribution in [3.05, 3.63) is 28.1 Å².